The van der Waals surface area contributed by atoms with Gasteiger partial charge in [0.15, 0.2) is 5.96 Å². The van der Waals surface area contributed by atoms with E-state index in [2.05, 4.69) is 21.2 Å². The molecule has 9 heteroatoms. The topological polar surface area (TPSA) is 155 Å². The molecule has 0 heterocycles. The molecule has 5 N–H and O–H groups in total. The molecule has 0 unspecified atom stereocenters. The van der Waals surface area contributed by atoms with Crippen molar-refractivity contribution in [2.24, 2.45) is 11.5 Å². The van der Waals surface area contributed by atoms with Crippen LogP contribution in [0.3, 0.4) is 0 Å². The van der Waals surface area contributed by atoms with Gasteiger partial charge in [-0.15, -0.1) is 0 Å². The third-order valence-electron chi connectivity index (χ3n) is 2.66. The molecule has 0 aliphatic heterocycles. The molecule has 0 radical (unpaired) electrons. The summed E-state index contributed by atoms with van der Waals surface area (Å²) in [4.78, 5) is 42.1. The van der Waals surface area contributed by atoms with E-state index in [1.54, 1.807) is 60.7 Å². The van der Waals surface area contributed by atoms with Gasteiger partial charge in [0.2, 0.25) is 0 Å². The van der Waals surface area contributed by atoms with Gasteiger partial charge in [-0.05, 0) is 45.0 Å². The summed E-state index contributed by atoms with van der Waals surface area (Å²) >= 11 is 0. The number of carbonyl (C=O) groups excluding carboxylic acids is 3. The average molecular weight is 417 g/mol. The minimum absolute atomic E-state index is 0.225. The van der Waals surface area contributed by atoms with Gasteiger partial charge in [-0.25, -0.2) is 19.4 Å². The molecule has 0 bridgehead atoms. The van der Waals surface area contributed by atoms with Gasteiger partial charge in [-0.1, -0.05) is 36.4 Å². The molecule has 0 amide bonds. The lowest BCUT2D eigenvalue weighted by molar-refractivity contribution is -0.187. The van der Waals surface area contributed by atoms with E-state index < -0.39 is 11.9 Å². The summed E-state index contributed by atoms with van der Waals surface area (Å²) in [6.45, 7) is 6.93. The molecule has 0 saturated heterocycles. The number of rotatable bonds is 2. The zero-order valence-corrected chi connectivity index (χ0v) is 17.4. The Morgan fingerprint density at radius 3 is 1.27 bits per heavy atom. The summed E-state index contributed by atoms with van der Waals surface area (Å²) in [5.41, 5.74) is 9.25. The first-order valence-electron chi connectivity index (χ1n) is 8.74. The molecule has 9 nitrogen and oxygen atoms in total. The van der Waals surface area contributed by atoms with Crippen molar-refractivity contribution in [2.75, 3.05) is 0 Å². The Morgan fingerprint density at radius 2 is 1.07 bits per heavy atom. The molecule has 0 spiro atoms. The normalized spacial score (nSPS) is 9.47. The Kier molecular flexibility index (Phi) is 11.6. The first-order valence-corrected chi connectivity index (χ1v) is 8.74. The van der Waals surface area contributed by atoms with Gasteiger partial charge >= 0.3 is 17.9 Å². The fraction of sp³-hybridized carbons (Fsp3) is 0.238. The van der Waals surface area contributed by atoms with Crippen LogP contribution in [-0.4, -0.2) is 29.5 Å². The molecule has 2 rings (SSSR count). The van der Waals surface area contributed by atoms with Crippen molar-refractivity contribution in [3.05, 3.63) is 71.8 Å². The quantitative estimate of drug-likeness (QED) is 0.221. The van der Waals surface area contributed by atoms with Crippen molar-refractivity contribution in [3.63, 3.8) is 0 Å². The molecule has 0 saturated carbocycles. The second-order valence-electron chi connectivity index (χ2n) is 6.63. The summed E-state index contributed by atoms with van der Waals surface area (Å²) in [7, 11) is 0. The van der Waals surface area contributed by atoms with Crippen molar-refractivity contribution in [1.82, 2.24) is 0 Å². The van der Waals surface area contributed by atoms with Crippen molar-refractivity contribution < 1.29 is 28.9 Å². The van der Waals surface area contributed by atoms with E-state index in [9.17, 15) is 14.4 Å². The maximum atomic E-state index is 11.5. The highest BCUT2D eigenvalue weighted by atomic mass is 17.2. The Labute approximate surface area is 175 Å². The first-order chi connectivity index (χ1) is 13.9. The monoisotopic (exact) mass is 417 g/mol. The number of nitrogens with two attached hydrogens (primary N) is 2. The Bertz CT molecular complexity index is 762. The van der Waals surface area contributed by atoms with Gasteiger partial charge in [0.25, 0.3) is 0 Å². The van der Waals surface area contributed by atoms with Crippen LogP contribution in [0.2, 0.25) is 0 Å². The molecular weight excluding hydrogens is 390 g/mol. The van der Waals surface area contributed by atoms with Gasteiger partial charge in [0.05, 0.1) is 11.1 Å². The van der Waals surface area contributed by atoms with Gasteiger partial charge < -0.3 is 16.2 Å². The van der Waals surface area contributed by atoms with Crippen LogP contribution in [0.25, 0.3) is 0 Å². The lowest BCUT2D eigenvalue weighted by atomic mass is 10.2. The van der Waals surface area contributed by atoms with Crippen LogP contribution in [-0.2, 0) is 19.3 Å². The van der Waals surface area contributed by atoms with Crippen molar-refractivity contribution >= 4 is 23.9 Å². The number of carbonyl (C=O) groups is 3. The molecule has 162 valence electrons. The van der Waals surface area contributed by atoms with Crippen LogP contribution in [0, 0.1) is 5.41 Å². The molecular formula is C21H27N3O6. The molecule has 0 aromatic heterocycles. The van der Waals surface area contributed by atoms with E-state index in [-0.39, 0.29) is 17.5 Å². The summed E-state index contributed by atoms with van der Waals surface area (Å²) in [5.74, 6) is -1.97. The second kappa shape index (κ2) is 13.3. The highest BCUT2D eigenvalue weighted by Crippen LogP contribution is 2.06. The predicted octanol–water partition coefficient (Wildman–Crippen LogP) is 2.80. The number of guanidine groups is 1. The molecule has 30 heavy (non-hydrogen) atoms. The number of nitrogens with one attached hydrogen (secondary N) is 1. The summed E-state index contributed by atoms with van der Waals surface area (Å²) in [6, 6.07) is 16.6. The van der Waals surface area contributed by atoms with Gasteiger partial charge in [-0.2, -0.15) is 0 Å². The fourth-order valence-electron chi connectivity index (χ4n) is 1.75. The molecule has 0 aliphatic rings. The first kappa shape index (κ1) is 26.1. The van der Waals surface area contributed by atoms with Gasteiger partial charge in [0.1, 0.15) is 5.60 Å². The molecule has 2 aromatic carbocycles. The SMILES string of the molecule is CC(=O)OC(C)(C)C.N=C(N)N.O=C(OOC(=O)c1ccccc1)c1ccccc1. The number of esters is 1. The van der Waals surface area contributed by atoms with E-state index in [1.807, 2.05) is 20.8 Å². The minimum atomic E-state index is -0.708. The standard InChI is InChI=1S/C14H10O4.C6H12O2.CH5N3/c15-13(11-7-3-1-4-8-11)17-18-14(16)12-9-5-2-6-10-12;1-5(7)8-6(2,3)4;2-1(3)4/h1-10H;1-4H3;(H5,2,3,4). The zero-order chi connectivity index (χ0) is 23.2. The third kappa shape index (κ3) is 14.2. The summed E-state index contributed by atoms with van der Waals surface area (Å²) in [6.07, 6.45) is 0. The smallest absolute Gasteiger partial charge is 0.386 e. The lowest BCUT2D eigenvalue weighted by Crippen LogP contribution is -2.21. The van der Waals surface area contributed by atoms with Crippen molar-refractivity contribution in [2.45, 2.75) is 33.3 Å². The number of hydrogen-bond acceptors (Lipinski definition) is 7. The molecule has 2 aromatic rings. The largest absolute Gasteiger partial charge is 0.460 e. The Morgan fingerprint density at radius 1 is 0.767 bits per heavy atom. The number of ether oxygens (including phenoxy) is 1. The van der Waals surface area contributed by atoms with E-state index in [0.29, 0.717) is 11.1 Å². The third-order valence-corrected chi connectivity index (χ3v) is 2.66. The molecule has 0 fully saturated rings. The highest BCUT2D eigenvalue weighted by Gasteiger charge is 2.13. The van der Waals surface area contributed by atoms with Crippen LogP contribution in [0.1, 0.15) is 48.4 Å². The minimum Gasteiger partial charge on any atom is -0.460 e. The molecule has 0 atom stereocenters. The number of benzene rings is 2. The second-order valence-corrected chi connectivity index (χ2v) is 6.63. The zero-order valence-electron chi connectivity index (χ0n) is 17.4. The number of hydrogen-bond donors (Lipinski definition) is 3. The van der Waals surface area contributed by atoms with Crippen LogP contribution < -0.4 is 11.5 Å². The summed E-state index contributed by atoms with van der Waals surface area (Å²) in [5, 5.41) is 6.06. The van der Waals surface area contributed by atoms with Crippen LogP contribution >= 0.6 is 0 Å². The fourth-order valence-corrected chi connectivity index (χ4v) is 1.75. The van der Waals surface area contributed by atoms with E-state index in [4.69, 9.17) is 10.1 Å². The maximum absolute atomic E-state index is 11.5. The van der Waals surface area contributed by atoms with Gasteiger partial charge in [0, 0.05) is 6.92 Å². The van der Waals surface area contributed by atoms with E-state index in [1.165, 1.54) is 6.92 Å². The van der Waals surface area contributed by atoms with E-state index >= 15 is 0 Å². The van der Waals surface area contributed by atoms with Crippen molar-refractivity contribution in [3.8, 4) is 0 Å². The van der Waals surface area contributed by atoms with E-state index in [0.717, 1.165) is 0 Å². The van der Waals surface area contributed by atoms with Crippen LogP contribution in [0.5, 0.6) is 0 Å². The van der Waals surface area contributed by atoms with Crippen LogP contribution in [0.15, 0.2) is 60.7 Å². The Balaban J connectivity index is 0.000000585. The Hall–Kier alpha value is -3.88. The maximum Gasteiger partial charge on any atom is 0.386 e. The van der Waals surface area contributed by atoms with Crippen molar-refractivity contribution in [1.29, 1.82) is 5.41 Å². The average Bonchev–Trinajstić information content (AvgIpc) is 2.65. The highest BCUT2D eigenvalue weighted by molar-refractivity contribution is 5.92. The van der Waals surface area contributed by atoms with Crippen LogP contribution in [0.4, 0.5) is 0 Å². The summed E-state index contributed by atoms with van der Waals surface area (Å²) < 4.78 is 4.80. The predicted molar refractivity (Wildman–Crippen MR) is 111 cm³/mol. The molecule has 0 aliphatic carbocycles. The lowest BCUT2D eigenvalue weighted by Gasteiger charge is -2.17. The van der Waals surface area contributed by atoms with Gasteiger partial charge in [-0.3, -0.25) is 10.2 Å².